The molecule has 3 N–H and O–H groups in total. The Labute approximate surface area is 286 Å². The molecule has 5 atom stereocenters. The zero-order valence-electron chi connectivity index (χ0n) is 28.7. The second-order valence-corrected chi connectivity index (χ2v) is 12.2. The minimum Gasteiger partial charge on any atom is -0.497 e. The van der Waals surface area contributed by atoms with Crippen LogP contribution in [0.3, 0.4) is 0 Å². The van der Waals surface area contributed by atoms with Gasteiger partial charge in [0.25, 0.3) is 0 Å². The summed E-state index contributed by atoms with van der Waals surface area (Å²) in [4.78, 5) is 39.7. The van der Waals surface area contributed by atoms with E-state index in [0.717, 1.165) is 0 Å². The van der Waals surface area contributed by atoms with E-state index < -0.39 is 41.0 Å². The maximum Gasteiger partial charge on any atom is 0.303 e. The van der Waals surface area contributed by atoms with Crippen LogP contribution in [0, 0.1) is 5.92 Å². The van der Waals surface area contributed by atoms with E-state index in [0.29, 0.717) is 47.6 Å². The third-order valence-corrected chi connectivity index (χ3v) is 9.48. The third kappa shape index (κ3) is 6.30. The van der Waals surface area contributed by atoms with Crippen LogP contribution in [-0.4, -0.2) is 63.4 Å². The van der Waals surface area contributed by atoms with Gasteiger partial charge in [0.2, 0.25) is 11.8 Å². The monoisotopic (exact) mass is 672 g/mol. The van der Waals surface area contributed by atoms with Crippen LogP contribution in [0.2, 0.25) is 0 Å². The van der Waals surface area contributed by atoms with Gasteiger partial charge in [0.1, 0.15) is 23.0 Å². The molecule has 5 rings (SSSR count). The summed E-state index contributed by atoms with van der Waals surface area (Å²) in [6.07, 6.45) is 1.53. The van der Waals surface area contributed by atoms with Gasteiger partial charge in [0.15, 0.2) is 17.3 Å². The molecule has 1 aliphatic heterocycles. The fourth-order valence-corrected chi connectivity index (χ4v) is 7.14. The molecular weight excluding hydrogens is 628 g/mol. The zero-order chi connectivity index (χ0) is 35.3. The van der Waals surface area contributed by atoms with E-state index in [2.05, 4.69) is 10.6 Å². The van der Waals surface area contributed by atoms with Gasteiger partial charge in [-0.05, 0) is 44.4 Å². The number of esters is 1. The number of allylic oxidation sites excluding steroid dienone is 1. The molecule has 0 radical (unpaired) electrons. The lowest BCUT2D eigenvalue weighted by Crippen LogP contribution is -2.57. The number of ether oxygens (including phenoxy) is 5. The number of rotatable bonds is 13. The van der Waals surface area contributed by atoms with Crippen LogP contribution in [0.4, 0.5) is 0 Å². The quantitative estimate of drug-likeness (QED) is 0.136. The first-order chi connectivity index (χ1) is 23.6. The number of hydrogen-bond acceptors (Lipinski definition) is 9. The number of methoxy groups -OCH3 is 3. The lowest BCUT2D eigenvalue weighted by Gasteiger charge is -2.46. The van der Waals surface area contributed by atoms with Crippen molar-refractivity contribution >= 4 is 17.8 Å². The molecule has 260 valence electrons. The lowest BCUT2D eigenvalue weighted by molar-refractivity contribution is -0.195. The number of carbonyl (C=O) groups is 3. The summed E-state index contributed by atoms with van der Waals surface area (Å²) in [5.41, 5.74) is -1.69. The Morgan fingerprint density at radius 3 is 2.12 bits per heavy atom. The Morgan fingerprint density at radius 2 is 1.53 bits per heavy atom. The molecule has 2 aliphatic rings. The summed E-state index contributed by atoms with van der Waals surface area (Å²) < 4.78 is 29.9. The molecule has 0 unspecified atom stereocenters. The van der Waals surface area contributed by atoms with E-state index in [1.54, 1.807) is 63.4 Å². The Balaban J connectivity index is 1.66. The van der Waals surface area contributed by atoms with Crippen LogP contribution in [0.1, 0.15) is 56.2 Å². The Morgan fingerprint density at radius 1 is 0.878 bits per heavy atom. The van der Waals surface area contributed by atoms with Crippen molar-refractivity contribution in [2.24, 2.45) is 5.92 Å². The third-order valence-electron chi connectivity index (χ3n) is 9.48. The molecule has 2 amide bonds. The number of hydrogen-bond donors (Lipinski definition) is 3. The molecule has 11 heteroatoms. The van der Waals surface area contributed by atoms with Crippen LogP contribution in [0.5, 0.6) is 23.0 Å². The largest absolute Gasteiger partial charge is 0.497 e. The smallest absolute Gasteiger partial charge is 0.303 e. The second-order valence-electron chi connectivity index (χ2n) is 12.2. The van der Waals surface area contributed by atoms with E-state index in [1.807, 2.05) is 30.3 Å². The fraction of sp³-hybridized carbons (Fsp3) is 0.395. The number of aliphatic hydroxyl groups is 1. The minimum absolute atomic E-state index is 0.137. The van der Waals surface area contributed by atoms with Gasteiger partial charge in [-0.3, -0.25) is 14.4 Å². The average Bonchev–Trinajstić information content (AvgIpc) is 3.26. The zero-order valence-corrected chi connectivity index (χ0v) is 28.7. The van der Waals surface area contributed by atoms with Gasteiger partial charge < -0.3 is 39.4 Å². The summed E-state index contributed by atoms with van der Waals surface area (Å²) in [6, 6.07) is 19.6. The van der Waals surface area contributed by atoms with Crippen molar-refractivity contribution in [2.75, 3.05) is 34.4 Å². The number of benzene rings is 3. The van der Waals surface area contributed by atoms with Gasteiger partial charge >= 0.3 is 5.97 Å². The van der Waals surface area contributed by atoms with Crippen LogP contribution in [0.25, 0.3) is 0 Å². The first kappa shape index (κ1) is 35.3. The topological polar surface area (TPSA) is 142 Å². The highest BCUT2D eigenvalue weighted by atomic mass is 16.6. The van der Waals surface area contributed by atoms with Crippen molar-refractivity contribution in [3.63, 3.8) is 0 Å². The molecule has 1 fully saturated rings. The average molecular weight is 673 g/mol. The van der Waals surface area contributed by atoms with Crippen molar-refractivity contribution in [2.45, 2.75) is 56.8 Å². The SMILES string of the molecule is C/C=C(\C)C(=O)NCCCCNC(=O)[C@@H]1[C@@H](c2ccccc2)[C@]2(c3ccc(OC)cc3)Oc3cc(OC)cc(OC)c3[C@@]1(O)[C@H]2OC(C)=O. The van der Waals surface area contributed by atoms with Gasteiger partial charge in [-0.1, -0.05) is 48.5 Å². The molecular formula is C38H44N2O9. The highest BCUT2D eigenvalue weighted by Crippen LogP contribution is 2.69. The molecule has 1 aliphatic carbocycles. The maximum atomic E-state index is 14.7. The van der Waals surface area contributed by atoms with E-state index in [9.17, 15) is 19.5 Å². The van der Waals surface area contributed by atoms with Crippen LogP contribution < -0.4 is 29.6 Å². The number of nitrogens with one attached hydrogen (secondary N) is 2. The first-order valence-corrected chi connectivity index (χ1v) is 16.3. The Hall–Kier alpha value is -5.03. The van der Waals surface area contributed by atoms with E-state index in [1.165, 1.54) is 21.1 Å². The normalized spacial score (nSPS) is 23.8. The van der Waals surface area contributed by atoms with Crippen molar-refractivity contribution in [3.05, 3.63) is 95.1 Å². The van der Waals surface area contributed by atoms with Crippen molar-refractivity contribution in [3.8, 4) is 23.0 Å². The predicted octanol–water partition coefficient (Wildman–Crippen LogP) is 4.51. The molecule has 49 heavy (non-hydrogen) atoms. The molecule has 11 nitrogen and oxygen atoms in total. The Kier molecular flexibility index (Phi) is 10.5. The van der Waals surface area contributed by atoms with Crippen LogP contribution in [0.15, 0.2) is 78.4 Å². The van der Waals surface area contributed by atoms with Crippen molar-refractivity contribution in [1.29, 1.82) is 0 Å². The second kappa shape index (κ2) is 14.6. The summed E-state index contributed by atoms with van der Waals surface area (Å²) in [5, 5.41) is 19.2. The molecule has 0 aromatic heterocycles. The highest BCUT2D eigenvalue weighted by molar-refractivity contribution is 5.92. The summed E-state index contributed by atoms with van der Waals surface area (Å²) in [5.74, 6) is -1.96. The molecule has 2 bridgehead atoms. The molecule has 0 spiro atoms. The standard InChI is InChI=1S/C38H44N2O9/c1-7-23(2)34(42)39-19-11-12-20-40-35(43)33-31(25-13-9-8-10-14-25)38(26-15-17-27(45-4)18-16-26)36(48-24(3)41)37(33,44)32-29(47-6)21-28(46-5)22-30(32)49-38/h7-10,13-18,21-22,31,33,36,44H,11-12,19-20H2,1-6H3,(H,39,42)(H,40,43)/b23-7+/t31-,33+,36-,37+,38+/m1/s1. The molecule has 1 heterocycles. The van der Waals surface area contributed by atoms with Crippen LogP contribution >= 0.6 is 0 Å². The fourth-order valence-electron chi connectivity index (χ4n) is 7.14. The number of amides is 2. The van der Waals surface area contributed by atoms with Crippen LogP contribution in [-0.2, 0) is 30.3 Å². The van der Waals surface area contributed by atoms with Gasteiger partial charge in [-0.25, -0.2) is 0 Å². The molecule has 3 aromatic carbocycles. The maximum absolute atomic E-state index is 14.7. The number of carbonyl (C=O) groups excluding carboxylic acids is 3. The van der Waals surface area contributed by atoms with Crippen molar-refractivity contribution < 1.29 is 43.2 Å². The molecule has 0 saturated heterocycles. The minimum atomic E-state index is -2.14. The number of fused-ring (bicyclic) bond motifs is 4. The van der Waals surface area contributed by atoms with Gasteiger partial charge in [-0.2, -0.15) is 0 Å². The van der Waals surface area contributed by atoms with E-state index in [-0.39, 0.29) is 29.5 Å². The predicted molar refractivity (Wildman–Crippen MR) is 182 cm³/mol. The number of unbranched alkanes of at least 4 members (excludes halogenated alkanes) is 1. The summed E-state index contributed by atoms with van der Waals surface area (Å²) in [7, 11) is 4.50. The van der Waals surface area contributed by atoms with Gasteiger partial charge in [0.05, 0.1) is 32.8 Å². The summed E-state index contributed by atoms with van der Waals surface area (Å²) in [6.45, 7) is 5.52. The van der Waals surface area contributed by atoms with E-state index in [4.69, 9.17) is 23.7 Å². The molecule has 3 aromatic rings. The first-order valence-electron chi connectivity index (χ1n) is 16.3. The van der Waals surface area contributed by atoms with Gasteiger partial charge in [-0.15, -0.1) is 0 Å². The summed E-state index contributed by atoms with van der Waals surface area (Å²) >= 11 is 0. The van der Waals surface area contributed by atoms with Gasteiger partial charge in [0, 0.05) is 49.2 Å². The van der Waals surface area contributed by atoms with Crippen molar-refractivity contribution in [1.82, 2.24) is 10.6 Å². The highest BCUT2D eigenvalue weighted by Gasteiger charge is 2.78. The Bertz CT molecular complexity index is 1710. The molecule has 1 saturated carbocycles. The van der Waals surface area contributed by atoms with E-state index >= 15 is 0 Å². The lowest BCUT2D eigenvalue weighted by atomic mass is 9.75.